The van der Waals surface area contributed by atoms with Crippen LogP contribution in [0.1, 0.15) is 88.2 Å². The fraction of sp³-hybridized carbons (Fsp3) is 0.571. The van der Waals surface area contributed by atoms with Crippen molar-refractivity contribution in [3.63, 3.8) is 0 Å². The molecular formula is C56H85N17O12S. The van der Waals surface area contributed by atoms with Crippen molar-refractivity contribution in [3.8, 4) is 0 Å². The molecule has 3 aliphatic heterocycles. The Morgan fingerprint density at radius 2 is 1.10 bits per heavy atom. The highest BCUT2D eigenvalue weighted by Crippen LogP contribution is 2.27. The van der Waals surface area contributed by atoms with Crippen molar-refractivity contribution in [2.45, 2.75) is 150 Å². The number of unbranched alkanes of at least 4 members (excludes halogenated alkanes) is 1. The third kappa shape index (κ3) is 21.2. The Balaban J connectivity index is 1.24. The van der Waals surface area contributed by atoms with Crippen LogP contribution in [0.4, 0.5) is 0 Å². The number of carbonyl (C=O) groups excluding carboxylic acids is 9. The Bertz CT molecular complexity index is 2700. The topological polar surface area (TPSA) is 474 Å². The van der Waals surface area contributed by atoms with Gasteiger partial charge in [-0.1, -0.05) is 67.1 Å². The predicted octanol–water partition coefficient (Wildman–Crippen LogP) is -4.47. The number of aliphatic hydroxyl groups excluding tert-OH is 1. The summed E-state index contributed by atoms with van der Waals surface area (Å²) in [5.74, 6) is -8.20. The molecule has 0 aromatic heterocycles. The third-order valence-electron chi connectivity index (χ3n) is 15.0. The van der Waals surface area contributed by atoms with Crippen molar-refractivity contribution in [2.75, 3.05) is 51.6 Å². The number of rotatable bonds is 33. The van der Waals surface area contributed by atoms with Crippen molar-refractivity contribution in [1.29, 1.82) is 0 Å². The van der Waals surface area contributed by atoms with E-state index in [0.717, 1.165) is 0 Å². The molecule has 0 unspecified atom stereocenters. The minimum absolute atomic E-state index is 0.0221. The van der Waals surface area contributed by atoms with Crippen LogP contribution >= 0.6 is 12.6 Å². The number of carboxylic acid groups (broad SMARTS) is 1. The molecule has 3 saturated heterocycles. The number of amides is 9. The number of hydrogen-bond donors (Lipinski definition) is 15. The molecule has 20 N–H and O–H groups in total. The summed E-state index contributed by atoms with van der Waals surface area (Å²) in [6, 6.07) is 6.61. The average Bonchev–Trinajstić information content (AvgIpc) is 3.02. The minimum Gasteiger partial charge on any atom is -0.480 e. The first-order valence-electron chi connectivity index (χ1n) is 29.0. The number of β-amino-alcohol motifs (C(OH)–C–C–N with tert-alkyl or cyclic N) is 1. The lowest BCUT2D eigenvalue weighted by atomic mass is 10.0. The highest BCUT2D eigenvalue weighted by atomic mass is 32.1. The van der Waals surface area contributed by atoms with E-state index >= 15 is 0 Å². The number of aliphatic hydroxyl groups is 1. The number of aliphatic imine (C=N–C) groups is 2. The van der Waals surface area contributed by atoms with Crippen LogP contribution in [0.5, 0.6) is 0 Å². The number of guanidine groups is 2. The highest BCUT2D eigenvalue weighted by molar-refractivity contribution is 7.80. The Kier molecular flexibility index (Phi) is 27.8. The summed E-state index contributed by atoms with van der Waals surface area (Å²) < 4.78 is 0. The number of hydrogen-bond acceptors (Lipinski definition) is 16. The first kappa shape index (κ1) is 68.7. The molecule has 2 aromatic carbocycles. The number of carboxylic acids is 1. The zero-order valence-electron chi connectivity index (χ0n) is 48.2. The molecule has 29 nitrogen and oxygen atoms in total. The number of nitrogens with one attached hydrogen (secondary N) is 6. The highest BCUT2D eigenvalue weighted by Gasteiger charge is 2.46. The van der Waals surface area contributed by atoms with Crippen LogP contribution in [0.3, 0.4) is 0 Å². The summed E-state index contributed by atoms with van der Waals surface area (Å²) in [6.07, 6.45) is 1.96. The van der Waals surface area contributed by atoms with Crippen LogP contribution in [0.25, 0.3) is 0 Å². The van der Waals surface area contributed by atoms with E-state index in [1.54, 1.807) is 60.7 Å². The monoisotopic (exact) mass is 1220 g/mol. The van der Waals surface area contributed by atoms with Gasteiger partial charge < -0.3 is 91.2 Å². The van der Waals surface area contributed by atoms with Gasteiger partial charge in [0.05, 0.1) is 18.7 Å². The zero-order chi connectivity index (χ0) is 62.9. The average molecular weight is 1220 g/mol. The quantitative estimate of drug-likeness (QED) is 0.0139. The number of nitrogens with two attached hydrogens (primary N) is 6. The Morgan fingerprint density at radius 1 is 0.593 bits per heavy atom. The lowest BCUT2D eigenvalue weighted by Crippen LogP contribution is -2.59. The lowest BCUT2D eigenvalue weighted by Gasteiger charge is -2.33. The molecule has 0 aliphatic carbocycles. The van der Waals surface area contributed by atoms with Gasteiger partial charge in [0.25, 0.3) is 0 Å². The van der Waals surface area contributed by atoms with Gasteiger partial charge in [-0.05, 0) is 81.9 Å². The van der Waals surface area contributed by atoms with Crippen LogP contribution in [-0.4, -0.2) is 208 Å². The van der Waals surface area contributed by atoms with Gasteiger partial charge >= 0.3 is 5.97 Å². The molecular weight excluding hydrogens is 1130 g/mol. The molecule has 0 radical (unpaired) electrons. The van der Waals surface area contributed by atoms with Crippen LogP contribution in [0.15, 0.2) is 70.6 Å². The number of nitrogens with zero attached hydrogens (tertiary/aromatic N) is 5. The molecule has 10 atom stereocenters. The fourth-order valence-corrected chi connectivity index (χ4v) is 10.8. The van der Waals surface area contributed by atoms with Gasteiger partial charge in [0.1, 0.15) is 48.3 Å². The molecule has 30 heteroatoms. The van der Waals surface area contributed by atoms with Gasteiger partial charge in [-0.25, -0.2) is 4.79 Å². The third-order valence-corrected chi connectivity index (χ3v) is 15.4. The van der Waals surface area contributed by atoms with Crippen molar-refractivity contribution < 1.29 is 58.2 Å². The van der Waals surface area contributed by atoms with Crippen molar-refractivity contribution in [1.82, 2.24) is 46.6 Å². The van der Waals surface area contributed by atoms with E-state index in [4.69, 9.17) is 34.4 Å². The maximum absolute atomic E-state index is 14.4. The van der Waals surface area contributed by atoms with Crippen molar-refractivity contribution >= 4 is 83.7 Å². The molecule has 3 aliphatic rings. The number of thiol groups is 1. The zero-order valence-corrected chi connectivity index (χ0v) is 49.1. The maximum atomic E-state index is 14.4. The molecule has 0 spiro atoms. The second kappa shape index (κ2) is 34.8. The molecule has 9 amide bonds. The summed E-state index contributed by atoms with van der Waals surface area (Å²) in [7, 11) is 0. The normalized spacial score (nSPS) is 19.3. The Labute approximate surface area is 504 Å². The second-order valence-electron chi connectivity index (χ2n) is 21.5. The summed E-state index contributed by atoms with van der Waals surface area (Å²) in [5, 5.41) is 36.5. The Morgan fingerprint density at radius 3 is 1.65 bits per heavy atom. The van der Waals surface area contributed by atoms with E-state index < -0.39 is 126 Å². The van der Waals surface area contributed by atoms with E-state index in [-0.39, 0.29) is 102 Å². The SMILES string of the molecule is NCCCC[C@H](N)C(=O)N[C@@H](CCCN=C(N)N)C(=O)N1CCC[C@H]1C(=O)N1C[C@H](O)C[C@H]1C(=O)NCC(=O)N[C@@H](Cc1ccccc1)C(=O)N[C@@H](CS)C(=O)N1CCC[C@H]1C(=O)N[C@@H](Cc1ccccc1)C(=O)N[C@@H](CCCN=C(N)N)C(=O)O. The van der Waals surface area contributed by atoms with E-state index in [1.165, 1.54) is 14.7 Å². The van der Waals surface area contributed by atoms with E-state index in [1.807, 2.05) is 0 Å². The van der Waals surface area contributed by atoms with Crippen molar-refractivity contribution in [3.05, 3.63) is 71.8 Å². The van der Waals surface area contributed by atoms with Gasteiger partial charge in [0.15, 0.2) is 11.9 Å². The Hall–Kier alpha value is -8.09. The van der Waals surface area contributed by atoms with Gasteiger partial charge in [0.2, 0.25) is 53.2 Å². The number of aliphatic carboxylic acids is 1. The number of benzene rings is 2. The molecule has 86 heavy (non-hydrogen) atoms. The summed E-state index contributed by atoms with van der Waals surface area (Å²) >= 11 is 4.38. The molecule has 3 fully saturated rings. The molecule has 5 rings (SSSR count). The standard InChI is InChI=1S/C56H85N17O12S/c57-22-8-7-17-36(58)46(76)67-37(18-9-23-63-55(59)60)51(81)72-26-12-21-43(72)53(83)73-31-35(74)29-44(73)49(79)65-30-45(75)66-39(27-33-13-3-1-4-14-33)47(77)70-41(32-86)52(82)71-25-11-20-42(71)50(80)69-40(28-34-15-5-2-6-16-34)48(78)68-38(54(84)85)19-10-24-64-56(61)62/h1-6,13-16,35-44,74,86H,7-12,17-32,57-58H2,(H,65,79)(H,66,75)(H,67,76)(H,68,78)(H,69,80)(H,70,77)(H,84,85)(H4,59,60,63)(H4,61,62,64)/t35-,36+,37+,38+,39+,40+,41+,42+,43+,44+/m1/s1. The van der Waals surface area contributed by atoms with E-state index in [2.05, 4.69) is 54.5 Å². The minimum atomic E-state index is -1.34. The smallest absolute Gasteiger partial charge is 0.326 e. The maximum Gasteiger partial charge on any atom is 0.326 e. The number of carbonyl (C=O) groups is 10. The second-order valence-corrected chi connectivity index (χ2v) is 21.9. The summed E-state index contributed by atoms with van der Waals surface area (Å²) in [4.78, 5) is 150. The van der Waals surface area contributed by atoms with Crippen LogP contribution in [-0.2, 0) is 60.8 Å². The summed E-state index contributed by atoms with van der Waals surface area (Å²) in [5.41, 5.74) is 34.8. The molecule has 2 aromatic rings. The van der Waals surface area contributed by atoms with Gasteiger partial charge in [-0.15, -0.1) is 0 Å². The van der Waals surface area contributed by atoms with E-state index in [0.29, 0.717) is 56.2 Å². The van der Waals surface area contributed by atoms with Crippen LogP contribution in [0, 0.1) is 0 Å². The first-order valence-corrected chi connectivity index (χ1v) is 29.6. The van der Waals surface area contributed by atoms with Gasteiger partial charge in [0, 0.05) is 57.7 Å². The predicted molar refractivity (Wildman–Crippen MR) is 321 cm³/mol. The fourth-order valence-electron chi connectivity index (χ4n) is 10.6. The van der Waals surface area contributed by atoms with Crippen molar-refractivity contribution in [2.24, 2.45) is 44.4 Å². The van der Waals surface area contributed by atoms with Crippen LogP contribution < -0.4 is 66.3 Å². The van der Waals surface area contributed by atoms with E-state index in [9.17, 15) is 58.2 Å². The largest absolute Gasteiger partial charge is 0.480 e. The van der Waals surface area contributed by atoms with Gasteiger partial charge in [-0.3, -0.25) is 53.1 Å². The van der Waals surface area contributed by atoms with Gasteiger partial charge in [-0.2, -0.15) is 12.6 Å². The lowest BCUT2D eigenvalue weighted by molar-refractivity contribution is -0.148. The molecule has 0 saturated carbocycles. The molecule has 3 heterocycles. The molecule has 472 valence electrons. The first-order chi connectivity index (χ1) is 41.1. The van der Waals surface area contributed by atoms with Crippen LogP contribution in [0.2, 0.25) is 0 Å². The molecule has 0 bridgehead atoms. The summed E-state index contributed by atoms with van der Waals surface area (Å²) in [6.45, 7) is 0.0146. The number of likely N-dealkylation sites (tertiary alicyclic amines) is 3.